The summed E-state index contributed by atoms with van der Waals surface area (Å²) in [5.74, 6) is -2.26. The fraction of sp³-hybridized carbons (Fsp3) is 0.222. The molecular formula is C18H16N2O5. The predicted molar refractivity (Wildman–Crippen MR) is 87.1 cm³/mol. The second-order valence-electron chi connectivity index (χ2n) is 5.74. The number of ketones is 1. The molecule has 0 radical (unpaired) electrons. The molecule has 0 spiro atoms. The molecule has 1 aromatic heterocycles. The van der Waals surface area contributed by atoms with E-state index in [4.69, 9.17) is 4.74 Å². The molecule has 0 saturated heterocycles. The number of hydrogen-bond donors (Lipinski definition) is 0. The molecule has 25 heavy (non-hydrogen) atoms. The molecule has 0 unspecified atom stereocenters. The van der Waals surface area contributed by atoms with Crippen molar-refractivity contribution in [3.8, 4) is 0 Å². The lowest BCUT2D eigenvalue weighted by atomic mass is 10.1. The Bertz CT molecular complexity index is 848. The highest BCUT2D eigenvalue weighted by atomic mass is 16.5. The number of aromatic nitrogens is 1. The first kappa shape index (κ1) is 16.6. The highest BCUT2D eigenvalue weighted by Crippen LogP contribution is 2.24. The van der Waals surface area contributed by atoms with E-state index in [1.807, 2.05) is 0 Å². The maximum atomic E-state index is 12.3. The molecule has 0 aliphatic carbocycles. The van der Waals surface area contributed by atoms with Crippen molar-refractivity contribution in [1.29, 1.82) is 0 Å². The third-order valence-electron chi connectivity index (χ3n) is 4.13. The van der Waals surface area contributed by atoms with Gasteiger partial charge in [0.05, 0.1) is 16.8 Å². The van der Waals surface area contributed by atoms with E-state index < -0.39 is 30.4 Å². The number of Topliss-reactive ketones (excluding diaryl/α,β-unsaturated/α-hetero) is 1. The van der Waals surface area contributed by atoms with Gasteiger partial charge in [-0.2, -0.15) is 0 Å². The number of esters is 1. The molecule has 1 aliphatic rings. The topological polar surface area (TPSA) is 85.7 Å². The summed E-state index contributed by atoms with van der Waals surface area (Å²) < 4.78 is 6.62. The van der Waals surface area contributed by atoms with Crippen LogP contribution in [0.25, 0.3) is 0 Å². The zero-order valence-electron chi connectivity index (χ0n) is 13.8. The normalized spacial score (nSPS) is 14.4. The Hall–Kier alpha value is -3.22. The van der Waals surface area contributed by atoms with Crippen LogP contribution in [0.4, 0.5) is 0 Å². The average molecular weight is 340 g/mol. The summed E-state index contributed by atoms with van der Waals surface area (Å²) in [6.07, 6.45) is 1.70. The van der Waals surface area contributed by atoms with Crippen LogP contribution in [0.15, 0.2) is 42.6 Å². The zero-order chi connectivity index (χ0) is 18.1. The Morgan fingerprint density at radius 1 is 1.04 bits per heavy atom. The Labute approximate surface area is 143 Å². The number of hydrogen-bond acceptors (Lipinski definition) is 5. The van der Waals surface area contributed by atoms with Gasteiger partial charge in [0.2, 0.25) is 5.78 Å². The van der Waals surface area contributed by atoms with Crippen LogP contribution >= 0.6 is 0 Å². The van der Waals surface area contributed by atoms with Crippen molar-refractivity contribution in [2.45, 2.75) is 13.0 Å². The fourth-order valence-electron chi connectivity index (χ4n) is 2.75. The quantitative estimate of drug-likeness (QED) is 0.467. The first-order chi connectivity index (χ1) is 11.9. The number of amides is 2. The molecule has 7 heteroatoms. The number of nitrogens with zero attached hydrogens (tertiary/aromatic N) is 2. The SMILES string of the molecule is C[C@@H](C(=O)OCC(=O)c1cccn1C)N1C(=O)c2ccccc2C1=O. The molecular weight excluding hydrogens is 324 g/mol. The summed E-state index contributed by atoms with van der Waals surface area (Å²) in [4.78, 5) is 49.8. The summed E-state index contributed by atoms with van der Waals surface area (Å²) in [6.45, 7) is 0.946. The molecule has 0 fully saturated rings. The van der Waals surface area contributed by atoms with Crippen LogP contribution in [0, 0.1) is 0 Å². The lowest BCUT2D eigenvalue weighted by molar-refractivity contribution is -0.146. The molecule has 128 valence electrons. The van der Waals surface area contributed by atoms with Crippen LogP contribution in [-0.4, -0.2) is 45.7 Å². The smallest absolute Gasteiger partial charge is 0.329 e. The highest BCUT2D eigenvalue weighted by molar-refractivity contribution is 6.22. The van der Waals surface area contributed by atoms with E-state index in [9.17, 15) is 19.2 Å². The lowest BCUT2D eigenvalue weighted by Gasteiger charge is -2.20. The second kappa shape index (κ2) is 6.35. The van der Waals surface area contributed by atoms with Gasteiger partial charge in [0, 0.05) is 13.2 Å². The van der Waals surface area contributed by atoms with Crippen molar-refractivity contribution >= 4 is 23.6 Å². The molecule has 0 bridgehead atoms. The minimum absolute atomic E-state index is 0.257. The van der Waals surface area contributed by atoms with E-state index in [1.165, 1.54) is 19.1 Å². The van der Waals surface area contributed by atoms with Gasteiger partial charge in [0.1, 0.15) is 6.04 Å². The van der Waals surface area contributed by atoms with E-state index in [1.54, 1.807) is 42.1 Å². The van der Waals surface area contributed by atoms with Crippen molar-refractivity contribution in [2.75, 3.05) is 6.61 Å². The van der Waals surface area contributed by atoms with E-state index in [0.717, 1.165) is 4.90 Å². The number of ether oxygens (including phenoxy) is 1. The molecule has 7 nitrogen and oxygen atoms in total. The summed E-state index contributed by atoms with van der Waals surface area (Å²) in [7, 11) is 1.70. The molecule has 2 aromatic rings. The maximum Gasteiger partial charge on any atom is 0.329 e. The van der Waals surface area contributed by atoms with Crippen LogP contribution in [0.3, 0.4) is 0 Å². The van der Waals surface area contributed by atoms with Gasteiger partial charge in [-0.25, -0.2) is 4.79 Å². The Morgan fingerprint density at radius 2 is 1.64 bits per heavy atom. The van der Waals surface area contributed by atoms with Crippen molar-refractivity contribution in [2.24, 2.45) is 7.05 Å². The number of aryl methyl sites for hydroxylation is 1. The largest absolute Gasteiger partial charge is 0.456 e. The number of carbonyl (C=O) groups excluding carboxylic acids is 4. The Morgan fingerprint density at radius 3 is 2.16 bits per heavy atom. The highest BCUT2D eigenvalue weighted by Gasteiger charge is 2.41. The fourth-order valence-corrected chi connectivity index (χ4v) is 2.75. The lowest BCUT2D eigenvalue weighted by Crippen LogP contribution is -2.44. The summed E-state index contributed by atoms with van der Waals surface area (Å²) in [5.41, 5.74) is 0.917. The molecule has 1 atom stereocenters. The van der Waals surface area contributed by atoms with Crippen LogP contribution in [0.5, 0.6) is 0 Å². The minimum Gasteiger partial charge on any atom is -0.456 e. The monoisotopic (exact) mass is 340 g/mol. The molecule has 2 amide bonds. The number of carbonyl (C=O) groups is 4. The standard InChI is InChI=1S/C18H16N2O5/c1-11(18(24)25-10-15(21)14-8-5-9-19(14)2)20-16(22)12-6-3-4-7-13(12)17(20)23/h3-9,11H,10H2,1-2H3/t11-/m0/s1. The van der Waals surface area contributed by atoms with Crippen LogP contribution in [0.2, 0.25) is 0 Å². The first-order valence-electron chi connectivity index (χ1n) is 7.70. The van der Waals surface area contributed by atoms with E-state index in [0.29, 0.717) is 5.69 Å². The van der Waals surface area contributed by atoms with Crippen molar-refractivity contribution in [3.05, 3.63) is 59.4 Å². The van der Waals surface area contributed by atoms with Gasteiger partial charge >= 0.3 is 5.97 Å². The number of fused-ring (bicyclic) bond motifs is 1. The number of rotatable bonds is 5. The summed E-state index contributed by atoms with van der Waals surface area (Å²) >= 11 is 0. The molecule has 2 heterocycles. The molecule has 1 aliphatic heterocycles. The van der Waals surface area contributed by atoms with Crippen molar-refractivity contribution in [3.63, 3.8) is 0 Å². The van der Waals surface area contributed by atoms with E-state index in [2.05, 4.69) is 0 Å². The molecule has 3 rings (SSSR count). The minimum atomic E-state index is -1.12. The predicted octanol–water partition coefficient (Wildman–Crippen LogP) is 1.44. The molecule has 1 aromatic carbocycles. The third kappa shape index (κ3) is 2.84. The first-order valence-corrected chi connectivity index (χ1v) is 7.70. The number of imide groups is 1. The summed E-state index contributed by atoms with van der Waals surface area (Å²) in [6, 6.07) is 8.57. The molecule has 0 saturated carbocycles. The Kier molecular flexibility index (Phi) is 4.22. The van der Waals surface area contributed by atoms with Crippen LogP contribution in [-0.2, 0) is 16.6 Å². The summed E-state index contributed by atoms with van der Waals surface area (Å²) in [5, 5.41) is 0. The zero-order valence-corrected chi connectivity index (χ0v) is 13.8. The van der Waals surface area contributed by atoms with Gasteiger partial charge < -0.3 is 9.30 Å². The van der Waals surface area contributed by atoms with Gasteiger partial charge in [-0.3, -0.25) is 19.3 Å². The van der Waals surface area contributed by atoms with Gasteiger partial charge in [0.15, 0.2) is 6.61 Å². The maximum absolute atomic E-state index is 12.3. The number of benzene rings is 1. The van der Waals surface area contributed by atoms with Gasteiger partial charge in [-0.1, -0.05) is 12.1 Å². The van der Waals surface area contributed by atoms with E-state index in [-0.39, 0.29) is 16.9 Å². The van der Waals surface area contributed by atoms with Gasteiger partial charge in [-0.15, -0.1) is 0 Å². The van der Waals surface area contributed by atoms with Crippen molar-refractivity contribution in [1.82, 2.24) is 9.47 Å². The van der Waals surface area contributed by atoms with Crippen LogP contribution in [0.1, 0.15) is 38.1 Å². The van der Waals surface area contributed by atoms with Crippen molar-refractivity contribution < 1.29 is 23.9 Å². The second-order valence-corrected chi connectivity index (χ2v) is 5.74. The third-order valence-corrected chi connectivity index (χ3v) is 4.13. The average Bonchev–Trinajstić information content (AvgIpc) is 3.14. The Balaban J connectivity index is 1.67. The molecule has 0 N–H and O–H groups in total. The van der Waals surface area contributed by atoms with E-state index >= 15 is 0 Å². The van der Waals surface area contributed by atoms with Gasteiger partial charge in [0.25, 0.3) is 11.8 Å². The van der Waals surface area contributed by atoms with Gasteiger partial charge in [-0.05, 0) is 31.2 Å². The van der Waals surface area contributed by atoms with Crippen LogP contribution < -0.4 is 0 Å².